The van der Waals surface area contributed by atoms with E-state index in [1.807, 2.05) is 36.7 Å². The van der Waals surface area contributed by atoms with E-state index in [1.54, 1.807) is 0 Å². The second kappa shape index (κ2) is 14.7. The maximum absolute atomic E-state index is 4.63. The number of hydrogen-bond acceptors (Lipinski definition) is 2. The van der Waals surface area contributed by atoms with Gasteiger partial charge in [-0.2, -0.15) is 0 Å². The summed E-state index contributed by atoms with van der Waals surface area (Å²) in [6.45, 7) is 0. The molecule has 8 aromatic rings. The molecule has 56 heavy (non-hydrogen) atoms. The summed E-state index contributed by atoms with van der Waals surface area (Å²) in [7, 11) is 0. The van der Waals surface area contributed by atoms with Crippen molar-refractivity contribution in [3.05, 3.63) is 223 Å². The van der Waals surface area contributed by atoms with Crippen molar-refractivity contribution in [2.45, 2.75) is 25.2 Å². The number of aromatic nitrogens is 2. The number of fused-ring (bicyclic) bond motifs is 2. The fourth-order valence-corrected chi connectivity index (χ4v) is 8.66. The molecule has 1 atom stereocenters. The quantitative estimate of drug-likeness (QED) is 0.153. The van der Waals surface area contributed by atoms with Crippen molar-refractivity contribution in [1.82, 2.24) is 9.97 Å². The first-order valence-electron chi connectivity index (χ1n) is 19.6. The fourth-order valence-electron chi connectivity index (χ4n) is 8.66. The monoisotopic (exact) mass is 716 g/mol. The highest BCUT2D eigenvalue weighted by Gasteiger charge is 2.23. The molecular formula is C54H40N2. The Hall–Kier alpha value is -6.90. The van der Waals surface area contributed by atoms with E-state index in [9.17, 15) is 0 Å². The van der Waals surface area contributed by atoms with Gasteiger partial charge < -0.3 is 0 Å². The molecule has 2 heterocycles. The molecular weight excluding hydrogens is 677 g/mol. The molecule has 2 aliphatic carbocycles. The Labute approximate surface area is 328 Å². The highest BCUT2D eigenvalue weighted by molar-refractivity contribution is 6.22. The van der Waals surface area contributed by atoms with Crippen LogP contribution in [0.15, 0.2) is 212 Å². The number of pyridine rings is 2. The van der Waals surface area contributed by atoms with E-state index in [2.05, 4.69) is 174 Å². The van der Waals surface area contributed by atoms with Gasteiger partial charge in [-0.3, -0.25) is 9.97 Å². The van der Waals surface area contributed by atoms with E-state index in [1.165, 1.54) is 71.6 Å². The van der Waals surface area contributed by atoms with Crippen LogP contribution in [0.1, 0.15) is 36.3 Å². The summed E-state index contributed by atoms with van der Waals surface area (Å²) in [5.74, 6) is 0.303. The Kier molecular flexibility index (Phi) is 8.85. The third-order valence-electron chi connectivity index (χ3n) is 11.4. The standard InChI is InChI=1S/C54H40N2/c1-3-13-37(14-4-1)44-33-45(38-15-5-2-6-16-38)35-46(34-44)43-29-30-49-50(36-43)54(42-27-23-40(24-28-42)52-20-10-12-32-56-52)48-18-8-7-17-47(48)53(49)41-25-21-39(22-26-41)51-19-9-11-31-55-51/h1-5,7-15,17-32,34-36,44H,6,16,33H2. The Bertz CT molecular complexity index is 2830. The minimum Gasteiger partial charge on any atom is -0.256 e. The second-order valence-electron chi connectivity index (χ2n) is 14.8. The molecule has 0 N–H and O–H groups in total. The molecule has 6 aromatic carbocycles. The summed E-state index contributed by atoms with van der Waals surface area (Å²) in [5.41, 5.74) is 15.8. The highest BCUT2D eigenvalue weighted by Crippen LogP contribution is 2.46. The number of rotatable bonds is 7. The van der Waals surface area contributed by atoms with Gasteiger partial charge in [0.15, 0.2) is 0 Å². The van der Waals surface area contributed by atoms with Gasteiger partial charge >= 0.3 is 0 Å². The van der Waals surface area contributed by atoms with Gasteiger partial charge in [-0.05, 0) is 121 Å². The van der Waals surface area contributed by atoms with Crippen molar-refractivity contribution >= 4 is 27.1 Å². The second-order valence-corrected chi connectivity index (χ2v) is 14.8. The van der Waals surface area contributed by atoms with Crippen molar-refractivity contribution in [3.63, 3.8) is 0 Å². The molecule has 2 aliphatic rings. The average Bonchev–Trinajstić information content (AvgIpc) is 3.29. The van der Waals surface area contributed by atoms with E-state index in [-0.39, 0.29) is 0 Å². The Morgan fingerprint density at radius 3 is 1.61 bits per heavy atom. The lowest BCUT2D eigenvalue weighted by Gasteiger charge is -2.25. The van der Waals surface area contributed by atoms with Crippen LogP contribution in [0, 0.1) is 0 Å². The molecule has 0 saturated heterocycles. The largest absolute Gasteiger partial charge is 0.256 e. The minimum atomic E-state index is 0.303. The van der Waals surface area contributed by atoms with Crippen LogP contribution in [0.25, 0.3) is 71.9 Å². The normalized spacial score (nSPS) is 15.4. The lowest BCUT2D eigenvalue weighted by atomic mass is 9.79. The topological polar surface area (TPSA) is 25.8 Å². The zero-order valence-corrected chi connectivity index (χ0v) is 31.1. The van der Waals surface area contributed by atoms with Gasteiger partial charge in [-0.25, -0.2) is 0 Å². The van der Waals surface area contributed by atoms with Crippen molar-refractivity contribution in [1.29, 1.82) is 0 Å². The van der Waals surface area contributed by atoms with Gasteiger partial charge in [0.2, 0.25) is 0 Å². The summed E-state index contributed by atoms with van der Waals surface area (Å²) >= 11 is 0. The Morgan fingerprint density at radius 2 is 1.02 bits per heavy atom. The van der Waals surface area contributed by atoms with Gasteiger partial charge in [0, 0.05) is 29.4 Å². The van der Waals surface area contributed by atoms with Crippen molar-refractivity contribution in [2.24, 2.45) is 0 Å². The summed E-state index contributed by atoms with van der Waals surface area (Å²) < 4.78 is 0. The molecule has 0 aliphatic heterocycles. The van der Waals surface area contributed by atoms with Crippen molar-refractivity contribution in [3.8, 4) is 44.8 Å². The maximum Gasteiger partial charge on any atom is 0.0701 e. The van der Waals surface area contributed by atoms with Gasteiger partial charge in [-0.1, -0.05) is 158 Å². The molecule has 1 unspecified atom stereocenters. The summed E-state index contributed by atoms with van der Waals surface area (Å²) in [6, 6.07) is 57.1. The van der Waals surface area contributed by atoms with Crippen LogP contribution in [0.2, 0.25) is 0 Å². The molecule has 2 heteroatoms. The van der Waals surface area contributed by atoms with E-state index < -0.39 is 0 Å². The molecule has 266 valence electrons. The SMILES string of the molecule is C1=CCCC(C2=CC(c3ccc4c(-c5ccc(-c6ccccn6)cc5)c5ccccc5c(-c5ccc(-c6ccccn6)cc5)c4c3)=CC(c3ccccc3)C2)=C1. The first kappa shape index (κ1) is 33.7. The van der Waals surface area contributed by atoms with Gasteiger partial charge in [0.1, 0.15) is 0 Å². The summed E-state index contributed by atoms with van der Waals surface area (Å²) in [4.78, 5) is 9.24. The van der Waals surface area contributed by atoms with Crippen LogP contribution in [-0.4, -0.2) is 9.97 Å². The van der Waals surface area contributed by atoms with E-state index in [4.69, 9.17) is 0 Å². The molecule has 0 saturated carbocycles. The van der Waals surface area contributed by atoms with Crippen LogP contribution in [0.3, 0.4) is 0 Å². The van der Waals surface area contributed by atoms with E-state index in [0.717, 1.165) is 41.8 Å². The molecule has 10 rings (SSSR count). The summed E-state index contributed by atoms with van der Waals surface area (Å²) in [5, 5.41) is 4.96. The molecule has 0 amide bonds. The molecule has 0 fully saturated rings. The lowest BCUT2D eigenvalue weighted by Crippen LogP contribution is -2.06. The van der Waals surface area contributed by atoms with Crippen molar-refractivity contribution < 1.29 is 0 Å². The van der Waals surface area contributed by atoms with Crippen LogP contribution >= 0.6 is 0 Å². The zero-order valence-electron chi connectivity index (χ0n) is 31.1. The number of hydrogen-bond donors (Lipinski definition) is 0. The number of nitrogens with zero attached hydrogens (tertiary/aromatic N) is 2. The van der Waals surface area contributed by atoms with Crippen LogP contribution in [0.4, 0.5) is 0 Å². The van der Waals surface area contributed by atoms with Crippen LogP contribution in [-0.2, 0) is 0 Å². The molecule has 2 aromatic heterocycles. The van der Waals surface area contributed by atoms with Crippen molar-refractivity contribution in [2.75, 3.05) is 0 Å². The van der Waals surface area contributed by atoms with E-state index in [0.29, 0.717) is 5.92 Å². The third-order valence-corrected chi connectivity index (χ3v) is 11.4. The smallest absolute Gasteiger partial charge is 0.0701 e. The zero-order chi connectivity index (χ0) is 37.3. The Balaban J connectivity index is 1.19. The maximum atomic E-state index is 4.63. The van der Waals surface area contributed by atoms with Crippen LogP contribution < -0.4 is 0 Å². The molecule has 0 spiro atoms. The van der Waals surface area contributed by atoms with Gasteiger partial charge in [-0.15, -0.1) is 0 Å². The molecule has 0 bridgehead atoms. The Morgan fingerprint density at radius 1 is 0.464 bits per heavy atom. The third kappa shape index (κ3) is 6.40. The fraction of sp³-hybridized carbons (Fsp3) is 0.0741. The van der Waals surface area contributed by atoms with Gasteiger partial charge in [0.05, 0.1) is 11.4 Å². The average molecular weight is 717 g/mol. The van der Waals surface area contributed by atoms with E-state index >= 15 is 0 Å². The van der Waals surface area contributed by atoms with Crippen LogP contribution in [0.5, 0.6) is 0 Å². The van der Waals surface area contributed by atoms with Gasteiger partial charge in [0.25, 0.3) is 0 Å². The number of allylic oxidation sites excluding steroid dienone is 8. The predicted octanol–water partition coefficient (Wildman–Crippen LogP) is 14.2. The molecule has 2 nitrogen and oxygen atoms in total. The predicted molar refractivity (Wildman–Crippen MR) is 235 cm³/mol. The first-order chi connectivity index (χ1) is 27.8. The number of benzene rings is 6. The summed E-state index contributed by atoms with van der Waals surface area (Å²) in [6.07, 6.45) is 18.7. The lowest BCUT2D eigenvalue weighted by molar-refractivity contribution is 0.803. The first-order valence-corrected chi connectivity index (χ1v) is 19.6. The minimum absolute atomic E-state index is 0.303. The molecule has 0 radical (unpaired) electrons. The highest BCUT2D eigenvalue weighted by atomic mass is 14.7.